The summed E-state index contributed by atoms with van der Waals surface area (Å²) in [5.41, 5.74) is 2.05. The SMILES string of the molecule is Cc1nc(NC(=O)[C@H](O)CNC(=O)c2cccc(-c3cnn(C)c3)c2)cn1C(=O)OC(C)C. The lowest BCUT2D eigenvalue weighted by Gasteiger charge is -2.12. The van der Waals surface area contributed by atoms with E-state index in [4.69, 9.17) is 4.74 Å². The number of ether oxygens (including phenoxy) is 1. The van der Waals surface area contributed by atoms with Crippen LogP contribution in [0.3, 0.4) is 0 Å². The van der Waals surface area contributed by atoms with Crippen LogP contribution in [0.1, 0.15) is 30.0 Å². The molecule has 33 heavy (non-hydrogen) atoms. The second kappa shape index (κ2) is 10.1. The first kappa shape index (κ1) is 23.7. The molecule has 0 unspecified atom stereocenters. The van der Waals surface area contributed by atoms with E-state index in [-0.39, 0.29) is 18.5 Å². The predicted octanol–water partition coefficient (Wildman–Crippen LogP) is 1.71. The normalized spacial score (nSPS) is 11.8. The third-order valence-corrected chi connectivity index (χ3v) is 4.59. The number of carbonyl (C=O) groups is 3. The Morgan fingerprint density at radius 1 is 1.18 bits per heavy atom. The van der Waals surface area contributed by atoms with Crippen molar-refractivity contribution in [1.82, 2.24) is 24.6 Å². The summed E-state index contributed by atoms with van der Waals surface area (Å²) in [5.74, 6) is -0.828. The van der Waals surface area contributed by atoms with Crippen LogP contribution in [0.5, 0.6) is 0 Å². The molecule has 1 aromatic carbocycles. The largest absolute Gasteiger partial charge is 0.446 e. The molecule has 174 valence electrons. The summed E-state index contributed by atoms with van der Waals surface area (Å²) in [6, 6.07) is 6.93. The summed E-state index contributed by atoms with van der Waals surface area (Å²) in [4.78, 5) is 40.9. The van der Waals surface area contributed by atoms with Gasteiger partial charge in [-0.15, -0.1) is 0 Å². The fraction of sp³-hybridized carbons (Fsp3) is 0.318. The number of aryl methyl sites for hydroxylation is 2. The number of amides is 2. The smallest absolute Gasteiger partial charge is 0.419 e. The number of rotatable bonds is 7. The van der Waals surface area contributed by atoms with Crippen molar-refractivity contribution in [3.05, 3.63) is 54.2 Å². The Bertz CT molecular complexity index is 1170. The topological polar surface area (TPSA) is 140 Å². The number of nitrogens with one attached hydrogen (secondary N) is 2. The van der Waals surface area contributed by atoms with E-state index in [1.807, 2.05) is 12.3 Å². The van der Waals surface area contributed by atoms with Crippen LogP contribution in [-0.2, 0) is 16.6 Å². The van der Waals surface area contributed by atoms with Gasteiger partial charge in [0, 0.05) is 24.4 Å². The number of hydrogen-bond donors (Lipinski definition) is 3. The lowest BCUT2D eigenvalue weighted by molar-refractivity contribution is -0.123. The van der Waals surface area contributed by atoms with Gasteiger partial charge in [0.2, 0.25) is 0 Å². The fourth-order valence-corrected chi connectivity index (χ4v) is 2.98. The number of hydrogen-bond acceptors (Lipinski definition) is 7. The molecule has 0 saturated heterocycles. The Hall–Kier alpha value is -3.99. The van der Waals surface area contributed by atoms with Gasteiger partial charge in [0.25, 0.3) is 11.8 Å². The van der Waals surface area contributed by atoms with Crippen molar-refractivity contribution < 1.29 is 24.2 Å². The second-order valence-electron chi connectivity index (χ2n) is 7.67. The molecule has 11 heteroatoms. The lowest BCUT2D eigenvalue weighted by atomic mass is 10.1. The van der Waals surface area contributed by atoms with E-state index in [2.05, 4.69) is 20.7 Å². The van der Waals surface area contributed by atoms with Crippen molar-refractivity contribution in [3.8, 4) is 11.1 Å². The van der Waals surface area contributed by atoms with Crippen LogP contribution < -0.4 is 10.6 Å². The molecule has 0 aliphatic heterocycles. The van der Waals surface area contributed by atoms with Crippen LogP contribution >= 0.6 is 0 Å². The molecule has 2 amide bonds. The van der Waals surface area contributed by atoms with Gasteiger partial charge < -0.3 is 20.5 Å². The molecule has 1 atom stereocenters. The van der Waals surface area contributed by atoms with Gasteiger partial charge in [0.1, 0.15) is 11.9 Å². The van der Waals surface area contributed by atoms with E-state index in [1.165, 1.54) is 6.20 Å². The van der Waals surface area contributed by atoms with E-state index in [0.717, 1.165) is 15.7 Å². The Morgan fingerprint density at radius 3 is 2.61 bits per heavy atom. The number of nitrogens with zero attached hydrogens (tertiary/aromatic N) is 4. The van der Waals surface area contributed by atoms with Gasteiger partial charge in [-0.2, -0.15) is 5.10 Å². The fourth-order valence-electron chi connectivity index (χ4n) is 2.98. The molecule has 3 aromatic rings. The summed E-state index contributed by atoms with van der Waals surface area (Å²) in [7, 11) is 1.80. The molecular weight excluding hydrogens is 428 g/mol. The summed E-state index contributed by atoms with van der Waals surface area (Å²) < 4.78 is 7.91. The number of aromatic nitrogens is 4. The average Bonchev–Trinajstić information content (AvgIpc) is 3.36. The third kappa shape index (κ3) is 6.04. The van der Waals surface area contributed by atoms with Gasteiger partial charge >= 0.3 is 6.09 Å². The monoisotopic (exact) mass is 454 g/mol. The minimum Gasteiger partial charge on any atom is -0.446 e. The molecule has 0 radical (unpaired) electrons. The van der Waals surface area contributed by atoms with Gasteiger partial charge in [-0.1, -0.05) is 12.1 Å². The molecule has 0 bridgehead atoms. The predicted molar refractivity (Wildman–Crippen MR) is 120 cm³/mol. The molecule has 3 N–H and O–H groups in total. The van der Waals surface area contributed by atoms with Crippen molar-refractivity contribution in [1.29, 1.82) is 0 Å². The highest BCUT2D eigenvalue weighted by Gasteiger charge is 2.20. The molecule has 2 aromatic heterocycles. The highest BCUT2D eigenvalue weighted by Crippen LogP contribution is 2.19. The van der Waals surface area contributed by atoms with Gasteiger partial charge in [-0.3, -0.25) is 14.3 Å². The van der Waals surface area contributed by atoms with Crippen molar-refractivity contribution in [3.63, 3.8) is 0 Å². The van der Waals surface area contributed by atoms with Crippen molar-refractivity contribution >= 4 is 23.7 Å². The summed E-state index contributed by atoms with van der Waals surface area (Å²) in [5, 5.41) is 19.2. The zero-order valence-electron chi connectivity index (χ0n) is 18.8. The number of imidazole rings is 1. The van der Waals surface area contributed by atoms with Crippen LogP contribution in [0.25, 0.3) is 11.1 Å². The molecule has 0 aliphatic rings. The summed E-state index contributed by atoms with van der Waals surface area (Å²) in [6.07, 6.45) is 2.36. The maximum absolute atomic E-state index is 12.5. The highest BCUT2D eigenvalue weighted by atomic mass is 16.6. The van der Waals surface area contributed by atoms with Gasteiger partial charge in [-0.05, 0) is 38.5 Å². The first-order chi connectivity index (χ1) is 15.6. The van der Waals surface area contributed by atoms with Gasteiger partial charge in [-0.25, -0.2) is 14.3 Å². The number of anilines is 1. The van der Waals surface area contributed by atoms with E-state index >= 15 is 0 Å². The Balaban J connectivity index is 1.56. The molecule has 0 aliphatic carbocycles. The molecular formula is C22H26N6O5. The molecule has 0 fully saturated rings. The van der Waals surface area contributed by atoms with E-state index < -0.39 is 24.0 Å². The Morgan fingerprint density at radius 2 is 1.94 bits per heavy atom. The number of aliphatic hydroxyl groups is 1. The van der Waals surface area contributed by atoms with Crippen molar-refractivity contribution in [2.45, 2.75) is 33.0 Å². The quantitative estimate of drug-likeness (QED) is 0.494. The standard InChI is InChI=1S/C22H26N6O5/c1-13(2)33-22(32)28-12-19(25-14(28)3)26-21(31)18(29)10-23-20(30)16-7-5-6-15(8-16)17-9-24-27(4)11-17/h5-9,11-13,18,29H,10H2,1-4H3,(H,23,30)(H,26,31)/t18-/m1/s1. The Labute approximate surface area is 190 Å². The number of aliphatic hydroxyl groups excluding tert-OH is 1. The first-order valence-corrected chi connectivity index (χ1v) is 10.3. The first-order valence-electron chi connectivity index (χ1n) is 10.3. The van der Waals surface area contributed by atoms with Gasteiger partial charge in [0.05, 0.1) is 25.0 Å². The molecule has 11 nitrogen and oxygen atoms in total. The number of benzene rings is 1. The van der Waals surface area contributed by atoms with Crippen LogP contribution in [0.15, 0.2) is 42.9 Å². The third-order valence-electron chi connectivity index (χ3n) is 4.59. The van der Waals surface area contributed by atoms with Crippen molar-refractivity contribution in [2.24, 2.45) is 7.05 Å². The van der Waals surface area contributed by atoms with E-state index in [9.17, 15) is 19.5 Å². The number of carbonyl (C=O) groups excluding carboxylic acids is 3. The maximum atomic E-state index is 12.5. The zero-order valence-corrected chi connectivity index (χ0v) is 18.8. The molecule has 0 saturated carbocycles. The van der Waals surface area contributed by atoms with Crippen molar-refractivity contribution in [2.75, 3.05) is 11.9 Å². The van der Waals surface area contributed by atoms with Crippen LogP contribution in [0.4, 0.5) is 10.6 Å². The minimum absolute atomic E-state index is 0.0766. The minimum atomic E-state index is -1.52. The van der Waals surface area contributed by atoms with Crippen LogP contribution in [0.2, 0.25) is 0 Å². The summed E-state index contributed by atoms with van der Waals surface area (Å²) in [6.45, 7) is 4.70. The molecule has 3 rings (SSSR count). The second-order valence-corrected chi connectivity index (χ2v) is 7.67. The van der Waals surface area contributed by atoms with Crippen LogP contribution in [0, 0.1) is 6.92 Å². The lowest BCUT2D eigenvalue weighted by Crippen LogP contribution is -2.39. The van der Waals surface area contributed by atoms with E-state index in [0.29, 0.717) is 11.4 Å². The average molecular weight is 454 g/mol. The molecule has 0 spiro atoms. The highest BCUT2D eigenvalue weighted by molar-refractivity contribution is 5.97. The maximum Gasteiger partial charge on any atom is 0.419 e. The van der Waals surface area contributed by atoms with Crippen LogP contribution in [-0.4, -0.2) is 61.1 Å². The zero-order chi connectivity index (χ0) is 24.1. The van der Waals surface area contributed by atoms with E-state index in [1.54, 1.807) is 56.9 Å². The Kier molecular flexibility index (Phi) is 7.23. The summed E-state index contributed by atoms with van der Waals surface area (Å²) >= 11 is 0. The van der Waals surface area contributed by atoms with Gasteiger partial charge in [0.15, 0.2) is 5.82 Å². The molecule has 2 heterocycles.